The van der Waals surface area contributed by atoms with Crippen LogP contribution in [0.5, 0.6) is 0 Å². The van der Waals surface area contributed by atoms with Gasteiger partial charge in [-0.2, -0.15) is 11.8 Å². The Hall–Kier alpha value is 0.600. The topological polar surface area (TPSA) is 12.0 Å². The first-order chi connectivity index (χ1) is 6.41. The van der Waals surface area contributed by atoms with Gasteiger partial charge in [0.15, 0.2) is 0 Å². The predicted octanol–water partition coefficient (Wildman–Crippen LogP) is 3.13. The lowest BCUT2D eigenvalue weighted by molar-refractivity contribution is 0.597. The van der Waals surface area contributed by atoms with Crippen LogP contribution in [0.3, 0.4) is 0 Å². The average Bonchev–Trinajstić information content (AvgIpc) is 2.16. The number of thioether (sulfide) groups is 1. The smallest absolute Gasteiger partial charge is 0.0223 e. The van der Waals surface area contributed by atoms with E-state index in [1.54, 1.807) is 0 Å². The standard InChI is InChI=1S/C10H22ClNS/c1-13-10-6-9-12-8-5-3-2-4-7-11/h12H,2-10H2,1H3. The molecule has 0 rings (SSSR count). The first-order valence-corrected chi connectivity index (χ1v) is 7.10. The van der Waals surface area contributed by atoms with Gasteiger partial charge in [-0.1, -0.05) is 12.8 Å². The minimum atomic E-state index is 0.821. The van der Waals surface area contributed by atoms with E-state index in [1.165, 1.54) is 50.9 Å². The second-order valence-electron chi connectivity index (χ2n) is 3.20. The molecule has 0 amide bonds. The molecular formula is C10H22ClNS. The summed E-state index contributed by atoms with van der Waals surface area (Å²) in [5, 5.41) is 3.45. The van der Waals surface area contributed by atoms with Crippen LogP contribution in [0.4, 0.5) is 0 Å². The number of hydrogen-bond donors (Lipinski definition) is 1. The second-order valence-corrected chi connectivity index (χ2v) is 4.56. The number of halogens is 1. The van der Waals surface area contributed by atoms with Gasteiger partial charge < -0.3 is 5.32 Å². The highest BCUT2D eigenvalue weighted by Gasteiger charge is 1.89. The Morgan fingerprint density at radius 3 is 2.38 bits per heavy atom. The van der Waals surface area contributed by atoms with Crippen LogP contribution in [-0.4, -0.2) is 31.0 Å². The highest BCUT2D eigenvalue weighted by molar-refractivity contribution is 7.98. The first-order valence-electron chi connectivity index (χ1n) is 5.17. The maximum Gasteiger partial charge on any atom is 0.0223 e. The molecule has 0 saturated heterocycles. The van der Waals surface area contributed by atoms with Gasteiger partial charge in [0, 0.05) is 5.88 Å². The van der Waals surface area contributed by atoms with Crippen molar-refractivity contribution < 1.29 is 0 Å². The molecule has 13 heavy (non-hydrogen) atoms. The van der Waals surface area contributed by atoms with Gasteiger partial charge in [-0.3, -0.25) is 0 Å². The van der Waals surface area contributed by atoms with Crippen LogP contribution in [-0.2, 0) is 0 Å². The van der Waals surface area contributed by atoms with Crippen molar-refractivity contribution in [3.63, 3.8) is 0 Å². The molecule has 3 heteroatoms. The summed E-state index contributed by atoms with van der Waals surface area (Å²) in [6.45, 7) is 2.35. The molecule has 0 fully saturated rings. The van der Waals surface area contributed by atoms with Crippen LogP contribution in [0, 0.1) is 0 Å². The lowest BCUT2D eigenvalue weighted by atomic mass is 10.2. The van der Waals surface area contributed by atoms with Crippen molar-refractivity contribution in [3.05, 3.63) is 0 Å². The molecule has 0 aromatic carbocycles. The van der Waals surface area contributed by atoms with E-state index in [-0.39, 0.29) is 0 Å². The molecule has 1 N–H and O–H groups in total. The summed E-state index contributed by atoms with van der Waals surface area (Å²) < 4.78 is 0. The molecule has 0 aliphatic heterocycles. The Kier molecular flexibility index (Phi) is 13.2. The fraction of sp³-hybridized carbons (Fsp3) is 1.00. The van der Waals surface area contributed by atoms with Crippen molar-refractivity contribution >= 4 is 23.4 Å². The third kappa shape index (κ3) is 12.6. The Bertz CT molecular complexity index is 81.0. The quantitative estimate of drug-likeness (QED) is 0.451. The molecule has 0 aromatic rings. The highest BCUT2D eigenvalue weighted by atomic mass is 35.5. The lowest BCUT2D eigenvalue weighted by Gasteiger charge is -2.03. The Morgan fingerprint density at radius 1 is 1.00 bits per heavy atom. The fourth-order valence-corrected chi connectivity index (χ4v) is 1.79. The maximum atomic E-state index is 5.58. The Labute approximate surface area is 92.0 Å². The van der Waals surface area contributed by atoms with Crippen molar-refractivity contribution in [3.8, 4) is 0 Å². The zero-order valence-electron chi connectivity index (χ0n) is 8.65. The Morgan fingerprint density at radius 2 is 1.69 bits per heavy atom. The minimum Gasteiger partial charge on any atom is -0.317 e. The molecule has 0 aliphatic rings. The second kappa shape index (κ2) is 12.6. The van der Waals surface area contributed by atoms with Gasteiger partial charge in [-0.05, 0) is 44.4 Å². The van der Waals surface area contributed by atoms with Crippen LogP contribution in [0.25, 0.3) is 0 Å². The van der Waals surface area contributed by atoms with Gasteiger partial charge in [0.2, 0.25) is 0 Å². The van der Waals surface area contributed by atoms with Gasteiger partial charge in [0.25, 0.3) is 0 Å². The highest BCUT2D eigenvalue weighted by Crippen LogP contribution is 2.00. The molecule has 80 valence electrons. The number of hydrogen-bond acceptors (Lipinski definition) is 2. The third-order valence-electron chi connectivity index (χ3n) is 1.94. The summed E-state index contributed by atoms with van der Waals surface area (Å²) >= 11 is 7.50. The van der Waals surface area contributed by atoms with Crippen molar-refractivity contribution in [2.75, 3.05) is 31.0 Å². The maximum absolute atomic E-state index is 5.58. The van der Waals surface area contributed by atoms with Crippen LogP contribution in [0.1, 0.15) is 32.1 Å². The molecule has 0 atom stereocenters. The predicted molar refractivity (Wildman–Crippen MR) is 65.1 cm³/mol. The molecule has 0 radical (unpaired) electrons. The van der Waals surface area contributed by atoms with E-state index in [0.29, 0.717) is 0 Å². The zero-order chi connectivity index (χ0) is 9.78. The van der Waals surface area contributed by atoms with Gasteiger partial charge in [0.1, 0.15) is 0 Å². The molecule has 0 saturated carbocycles. The van der Waals surface area contributed by atoms with Crippen molar-refractivity contribution in [2.24, 2.45) is 0 Å². The molecule has 0 aliphatic carbocycles. The van der Waals surface area contributed by atoms with Crippen LogP contribution in [0.2, 0.25) is 0 Å². The fourth-order valence-electron chi connectivity index (χ4n) is 1.16. The van der Waals surface area contributed by atoms with Crippen LogP contribution >= 0.6 is 23.4 Å². The van der Waals surface area contributed by atoms with E-state index < -0.39 is 0 Å². The number of unbranched alkanes of at least 4 members (excludes halogenated alkanes) is 3. The van der Waals surface area contributed by atoms with Crippen LogP contribution in [0.15, 0.2) is 0 Å². The van der Waals surface area contributed by atoms with Crippen LogP contribution < -0.4 is 5.32 Å². The summed E-state index contributed by atoms with van der Waals surface area (Å²) in [5.41, 5.74) is 0. The largest absolute Gasteiger partial charge is 0.317 e. The monoisotopic (exact) mass is 223 g/mol. The summed E-state index contributed by atoms with van der Waals surface area (Å²) in [6, 6.07) is 0. The molecule has 0 aromatic heterocycles. The third-order valence-corrected chi connectivity index (χ3v) is 2.90. The molecule has 0 bridgehead atoms. The summed E-state index contributed by atoms with van der Waals surface area (Å²) in [4.78, 5) is 0. The van der Waals surface area contributed by atoms with E-state index in [4.69, 9.17) is 11.6 Å². The number of rotatable bonds is 10. The van der Waals surface area contributed by atoms with Gasteiger partial charge in [-0.25, -0.2) is 0 Å². The van der Waals surface area contributed by atoms with Crippen molar-refractivity contribution in [1.29, 1.82) is 0 Å². The normalized spacial score (nSPS) is 10.6. The molecule has 0 heterocycles. The lowest BCUT2D eigenvalue weighted by Crippen LogP contribution is -2.17. The minimum absolute atomic E-state index is 0.821. The zero-order valence-corrected chi connectivity index (χ0v) is 10.2. The van der Waals surface area contributed by atoms with E-state index in [1.807, 2.05) is 11.8 Å². The summed E-state index contributed by atoms with van der Waals surface area (Å²) in [6.07, 6.45) is 8.54. The molecule has 0 spiro atoms. The van der Waals surface area contributed by atoms with Gasteiger partial charge in [-0.15, -0.1) is 11.6 Å². The van der Waals surface area contributed by atoms with E-state index in [2.05, 4.69) is 11.6 Å². The first kappa shape index (κ1) is 13.6. The molecule has 0 unspecified atom stereocenters. The molecular weight excluding hydrogens is 202 g/mol. The molecule has 1 nitrogen and oxygen atoms in total. The SMILES string of the molecule is CSCCCNCCCCCCCl. The van der Waals surface area contributed by atoms with E-state index >= 15 is 0 Å². The summed E-state index contributed by atoms with van der Waals surface area (Å²) in [7, 11) is 0. The van der Waals surface area contributed by atoms with Gasteiger partial charge >= 0.3 is 0 Å². The van der Waals surface area contributed by atoms with Gasteiger partial charge in [0.05, 0.1) is 0 Å². The van der Waals surface area contributed by atoms with Crippen molar-refractivity contribution in [1.82, 2.24) is 5.32 Å². The Balaban J connectivity index is 2.76. The number of nitrogens with one attached hydrogen (secondary N) is 1. The number of alkyl halides is 1. The van der Waals surface area contributed by atoms with Crippen molar-refractivity contribution in [2.45, 2.75) is 32.1 Å². The average molecular weight is 224 g/mol. The van der Waals surface area contributed by atoms with E-state index in [0.717, 1.165) is 5.88 Å². The summed E-state index contributed by atoms with van der Waals surface area (Å²) in [5.74, 6) is 2.10. The van der Waals surface area contributed by atoms with E-state index in [9.17, 15) is 0 Å².